The fraction of sp³-hybridized carbons (Fsp3) is 0.367. The first-order valence-corrected chi connectivity index (χ1v) is 14.3. The number of alkyl halides is 2. The number of carboxylic acid groups (broad SMARTS) is 1. The number of fused-ring (bicyclic) bond motifs is 4. The minimum absolute atomic E-state index is 0.0237. The van der Waals surface area contributed by atoms with E-state index in [4.69, 9.17) is 33.0 Å². The van der Waals surface area contributed by atoms with Crippen LogP contribution in [-0.4, -0.2) is 68.1 Å². The van der Waals surface area contributed by atoms with Crippen molar-refractivity contribution in [3.05, 3.63) is 65.5 Å². The van der Waals surface area contributed by atoms with Gasteiger partial charge in [-0.3, -0.25) is 28.9 Å². The van der Waals surface area contributed by atoms with Gasteiger partial charge in [-0.05, 0) is 55.2 Å². The molecule has 13 heteroatoms. The Hall–Kier alpha value is -3.96. The van der Waals surface area contributed by atoms with Crippen molar-refractivity contribution in [1.29, 1.82) is 0 Å². The van der Waals surface area contributed by atoms with Gasteiger partial charge in [0.25, 0.3) is 11.8 Å². The zero-order valence-corrected chi connectivity index (χ0v) is 24.1. The number of likely N-dealkylation sites (tertiary alicyclic amines) is 1. The summed E-state index contributed by atoms with van der Waals surface area (Å²) in [5.41, 5.74) is 0.521. The predicted octanol–water partition coefficient (Wildman–Crippen LogP) is 3.58. The van der Waals surface area contributed by atoms with Crippen LogP contribution in [-0.2, 0) is 24.0 Å². The molecule has 2 N–H and O–H groups in total. The van der Waals surface area contributed by atoms with Crippen LogP contribution in [0.2, 0.25) is 0 Å². The average molecular weight is 631 g/mol. The second-order valence-corrected chi connectivity index (χ2v) is 12.4. The molecule has 0 unspecified atom stereocenters. The number of hydrogen-bond acceptors (Lipinski definition) is 7. The summed E-state index contributed by atoms with van der Waals surface area (Å²) in [6.45, 7) is -0.319. The summed E-state index contributed by atoms with van der Waals surface area (Å²) in [6, 6.07) is 9.04. The largest absolute Gasteiger partial charge is 0.508 e. The molecule has 10 nitrogen and oxygen atoms in total. The summed E-state index contributed by atoms with van der Waals surface area (Å²) in [7, 11) is 1.35. The monoisotopic (exact) mass is 630 g/mol. The highest BCUT2D eigenvalue weighted by atomic mass is 35.5. The third-order valence-electron chi connectivity index (χ3n) is 9.09. The molecule has 2 saturated heterocycles. The number of hydrogen-bond donors (Lipinski definition) is 2. The van der Waals surface area contributed by atoms with Gasteiger partial charge in [0, 0.05) is 18.0 Å². The van der Waals surface area contributed by atoms with E-state index in [1.54, 1.807) is 6.08 Å². The second-order valence-electron chi connectivity index (χ2n) is 11.1. The molecule has 2 aromatic rings. The van der Waals surface area contributed by atoms with Gasteiger partial charge in [-0.1, -0.05) is 17.7 Å². The standard InChI is InChI=1S/C30H25Cl2FN2O8/c1-43-20-4-2-3-19(36)23(20)24-16-9-10-17-22(26(40)34(25(17)39)12-11-21(37)38)18(16)13-29(31)27(41)35(28(42)30(24,29)32)15-7-5-14(33)6-8-15/h2-9,17-18,22,24,36H,10-13H2,1H3,(H,37,38)/t17-,18+,22-,24+,29+,30-/m0/s1. The molecule has 2 aliphatic carbocycles. The Morgan fingerprint density at radius 1 is 1.05 bits per heavy atom. The third-order valence-corrected chi connectivity index (χ3v) is 10.5. The Bertz CT molecular complexity index is 1630. The SMILES string of the molecule is COc1cccc(O)c1[C@H]1C2=CC[C@@H]3C(=O)N(CCC(=O)O)C(=O)[C@@H]3[C@@H]2C[C@@]2(Cl)C(=O)N(c3ccc(F)cc3)C(=O)[C@@]12Cl. The van der Waals surface area contributed by atoms with Gasteiger partial charge < -0.3 is 14.9 Å². The zero-order chi connectivity index (χ0) is 31.0. The number of benzene rings is 2. The number of rotatable bonds is 6. The molecule has 2 aromatic carbocycles. The van der Waals surface area contributed by atoms with Crippen molar-refractivity contribution in [3.63, 3.8) is 0 Å². The number of allylic oxidation sites excluding steroid dienone is 2. The topological polar surface area (TPSA) is 142 Å². The highest BCUT2D eigenvalue weighted by Crippen LogP contribution is 2.67. The first-order valence-electron chi connectivity index (χ1n) is 13.5. The van der Waals surface area contributed by atoms with E-state index in [0.29, 0.717) is 5.57 Å². The van der Waals surface area contributed by atoms with Crippen LogP contribution in [0.25, 0.3) is 0 Å². The van der Waals surface area contributed by atoms with Crippen molar-refractivity contribution in [3.8, 4) is 11.5 Å². The Balaban J connectivity index is 1.55. The summed E-state index contributed by atoms with van der Waals surface area (Å²) < 4.78 is 19.3. The number of ether oxygens (including phenoxy) is 1. The smallest absolute Gasteiger partial charge is 0.305 e. The number of aliphatic carboxylic acids is 1. The molecule has 0 bridgehead atoms. The number of nitrogens with zero attached hydrogens (tertiary/aromatic N) is 2. The van der Waals surface area contributed by atoms with Gasteiger partial charge in [-0.15, -0.1) is 23.2 Å². The van der Waals surface area contributed by atoms with Gasteiger partial charge in [0.05, 0.1) is 31.1 Å². The van der Waals surface area contributed by atoms with Crippen molar-refractivity contribution >= 4 is 58.5 Å². The van der Waals surface area contributed by atoms with Crippen molar-refractivity contribution < 1.29 is 43.3 Å². The molecule has 2 aliphatic heterocycles. The normalized spacial score (nSPS) is 31.5. The number of phenolic OH excluding ortho intramolecular Hbond substituents is 1. The lowest BCUT2D eigenvalue weighted by molar-refractivity contribution is -0.142. The minimum atomic E-state index is -2.24. The van der Waals surface area contributed by atoms with E-state index in [1.807, 2.05) is 0 Å². The van der Waals surface area contributed by atoms with Crippen LogP contribution in [0.5, 0.6) is 11.5 Å². The van der Waals surface area contributed by atoms with Crippen molar-refractivity contribution in [2.24, 2.45) is 17.8 Å². The molecule has 1 saturated carbocycles. The van der Waals surface area contributed by atoms with Crippen LogP contribution < -0.4 is 9.64 Å². The lowest BCUT2D eigenvalue weighted by Gasteiger charge is -2.50. The second kappa shape index (κ2) is 10.1. The molecule has 43 heavy (non-hydrogen) atoms. The Morgan fingerprint density at radius 3 is 2.40 bits per heavy atom. The van der Waals surface area contributed by atoms with Crippen molar-refractivity contribution in [2.45, 2.75) is 34.9 Å². The van der Waals surface area contributed by atoms with Crippen LogP contribution in [0.4, 0.5) is 10.1 Å². The van der Waals surface area contributed by atoms with Crippen molar-refractivity contribution in [1.82, 2.24) is 4.90 Å². The number of phenols is 1. The van der Waals surface area contributed by atoms with Gasteiger partial charge in [-0.2, -0.15) is 0 Å². The number of imide groups is 2. The van der Waals surface area contributed by atoms with E-state index in [1.165, 1.54) is 37.4 Å². The molecule has 0 radical (unpaired) electrons. The van der Waals surface area contributed by atoms with Crippen LogP contribution in [0, 0.1) is 23.6 Å². The maximum atomic E-state index is 14.3. The number of amides is 4. The van der Waals surface area contributed by atoms with E-state index in [-0.39, 0.29) is 42.1 Å². The number of carboxylic acids is 1. The van der Waals surface area contributed by atoms with Crippen LogP contribution >= 0.6 is 23.2 Å². The fourth-order valence-corrected chi connectivity index (χ4v) is 8.13. The molecule has 0 spiro atoms. The molecule has 0 aromatic heterocycles. The zero-order valence-electron chi connectivity index (χ0n) is 22.6. The molecular weight excluding hydrogens is 606 g/mol. The molecule has 2 heterocycles. The Kier molecular flexibility index (Phi) is 6.81. The van der Waals surface area contributed by atoms with E-state index in [9.17, 15) is 33.5 Å². The first kappa shape index (κ1) is 29.1. The fourth-order valence-electron chi connectivity index (χ4n) is 7.21. The predicted molar refractivity (Wildman–Crippen MR) is 150 cm³/mol. The summed E-state index contributed by atoms with van der Waals surface area (Å²) in [6.07, 6.45) is 1.01. The number of methoxy groups -OCH3 is 1. The number of aromatic hydroxyl groups is 1. The lowest BCUT2D eigenvalue weighted by atomic mass is 9.56. The number of carbonyl (C=O) groups excluding carboxylic acids is 4. The molecule has 3 fully saturated rings. The minimum Gasteiger partial charge on any atom is -0.508 e. The van der Waals surface area contributed by atoms with Crippen LogP contribution in [0.3, 0.4) is 0 Å². The molecule has 224 valence electrons. The molecule has 6 atom stereocenters. The maximum Gasteiger partial charge on any atom is 0.305 e. The summed E-state index contributed by atoms with van der Waals surface area (Å²) in [4.78, 5) is 64.1. The first-order chi connectivity index (χ1) is 20.4. The number of anilines is 1. The van der Waals surface area contributed by atoms with Gasteiger partial charge in [-0.25, -0.2) is 9.29 Å². The van der Waals surface area contributed by atoms with Crippen LogP contribution in [0.1, 0.15) is 30.7 Å². The highest BCUT2D eigenvalue weighted by Gasteiger charge is 2.77. The molecule has 6 rings (SSSR count). The molecule has 4 aliphatic rings. The van der Waals surface area contributed by atoms with E-state index in [2.05, 4.69) is 0 Å². The summed E-state index contributed by atoms with van der Waals surface area (Å²) >= 11 is 14.5. The molecule has 4 amide bonds. The van der Waals surface area contributed by atoms with Gasteiger partial charge in [0.2, 0.25) is 11.8 Å². The Labute approximate surface area is 254 Å². The third kappa shape index (κ3) is 3.94. The summed E-state index contributed by atoms with van der Waals surface area (Å²) in [5, 5.41) is 20.3. The van der Waals surface area contributed by atoms with Gasteiger partial charge >= 0.3 is 5.97 Å². The van der Waals surface area contributed by atoms with E-state index >= 15 is 0 Å². The Morgan fingerprint density at radius 2 is 1.74 bits per heavy atom. The maximum absolute atomic E-state index is 14.3. The number of carbonyl (C=O) groups is 5. The quantitative estimate of drug-likeness (QED) is 0.280. The highest BCUT2D eigenvalue weighted by molar-refractivity contribution is 6.58. The van der Waals surface area contributed by atoms with Crippen molar-refractivity contribution in [2.75, 3.05) is 18.6 Å². The van der Waals surface area contributed by atoms with Gasteiger partial charge in [0.15, 0.2) is 9.75 Å². The van der Waals surface area contributed by atoms with Gasteiger partial charge in [0.1, 0.15) is 17.3 Å². The number of halogens is 3. The average Bonchev–Trinajstić information content (AvgIpc) is 3.30. The summed E-state index contributed by atoms with van der Waals surface area (Å²) in [5.74, 6) is -8.91. The lowest BCUT2D eigenvalue weighted by Crippen LogP contribution is -2.60. The molecular formula is C30H25Cl2FN2O8. The van der Waals surface area contributed by atoms with E-state index in [0.717, 1.165) is 21.9 Å². The van der Waals surface area contributed by atoms with Crippen LogP contribution in [0.15, 0.2) is 54.1 Å². The van der Waals surface area contributed by atoms with E-state index < -0.39 is 75.3 Å².